The molecule has 0 heterocycles. The first-order valence-electron chi connectivity index (χ1n) is 7.80. The minimum Gasteiger partial charge on any atom is -0.371 e. The van der Waals surface area contributed by atoms with Gasteiger partial charge in [-0.3, -0.25) is 0 Å². The summed E-state index contributed by atoms with van der Waals surface area (Å²) >= 11 is 4.64. The van der Waals surface area contributed by atoms with Crippen LogP contribution in [0.4, 0.5) is 10.1 Å². The van der Waals surface area contributed by atoms with Crippen LogP contribution in [-0.4, -0.2) is 18.8 Å². The maximum absolute atomic E-state index is 13.4. The quantitative estimate of drug-likeness (QED) is 0.596. The Labute approximate surface area is 128 Å². The van der Waals surface area contributed by atoms with Gasteiger partial charge in [0.15, 0.2) is 0 Å². The second-order valence-electron chi connectivity index (χ2n) is 6.07. The van der Waals surface area contributed by atoms with Gasteiger partial charge in [0.1, 0.15) is 5.82 Å². The van der Waals surface area contributed by atoms with Gasteiger partial charge in [-0.2, -0.15) is 12.6 Å². The van der Waals surface area contributed by atoms with E-state index in [4.69, 9.17) is 0 Å². The molecular formula is C17H26FNS. The van der Waals surface area contributed by atoms with Crippen molar-refractivity contribution in [3.8, 4) is 0 Å². The monoisotopic (exact) mass is 295 g/mol. The minimum atomic E-state index is -0.151. The van der Waals surface area contributed by atoms with E-state index in [9.17, 15) is 4.39 Å². The summed E-state index contributed by atoms with van der Waals surface area (Å²) in [5.74, 6) is 0.778. The number of halogens is 1. The lowest BCUT2D eigenvalue weighted by Crippen LogP contribution is -2.39. The first-order chi connectivity index (χ1) is 9.69. The fourth-order valence-corrected chi connectivity index (χ4v) is 3.72. The van der Waals surface area contributed by atoms with Gasteiger partial charge in [0.25, 0.3) is 0 Å². The molecule has 0 bridgehead atoms. The zero-order chi connectivity index (χ0) is 14.4. The smallest absolute Gasteiger partial charge is 0.125 e. The first-order valence-corrected chi connectivity index (χ1v) is 8.44. The maximum Gasteiger partial charge on any atom is 0.125 e. The van der Waals surface area contributed by atoms with Crippen molar-refractivity contribution in [3.05, 3.63) is 30.1 Å². The van der Waals surface area contributed by atoms with Crippen molar-refractivity contribution in [2.45, 2.75) is 45.4 Å². The number of benzene rings is 1. The summed E-state index contributed by atoms with van der Waals surface area (Å²) in [5.41, 5.74) is 1.29. The van der Waals surface area contributed by atoms with E-state index < -0.39 is 0 Å². The number of nitrogens with zero attached hydrogens (tertiary/aromatic N) is 1. The molecule has 3 heteroatoms. The van der Waals surface area contributed by atoms with Gasteiger partial charge in [-0.15, -0.1) is 0 Å². The molecule has 1 fully saturated rings. The number of anilines is 1. The third-order valence-corrected chi connectivity index (χ3v) is 5.25. The van der Waals surface area contributed by atoms with E-state index in [2.05, 4.69) is 24.5 Å². The van der Waals surface area contributed by atoms with Crippen LogP contribution in [0.25, 0.3) is 0 Å². The molecule has 1 aliphatic carbocycles. The van der Waals surface area contributed by atoms with Gasteiger partial charge in [0.05, 0.1) is 0 Å². The molecule has 1 aromatic rings. The van der Waals surface area contributed by atoms with E-state index in [1.165, 1.54) is 44.6 Å². The molecule has 1 nitrogen and oxygen atoms in total. The van der Waals surface area contributed by atoms with Gasteiger partial charge in [0, 0.05) is 18.8 Å². The predicted octanol–water partition coefficient (Wildman–Crippen LogP) is 4.92. The standard InChI is InChI=1S/C17H26FNS/c1-2-19(16-9-7-8-15(18)12-16)13-17(14-20)10-5-3-4-6-11-17/h7-9,12,20H,2-6,10-11,13-14H2,1H3. The molecule has 0 unspecified atom stereocenters. The minimum absolute atomic E-state index is 0.151. The highest BCUT2D eigenvalue weighted by Crippen LogP contribution is 2.37. The molecule has 0 spiro atoms. The highest BCUT2D eigenvalue weighted by Gasteiger charge is 2.31. The van der Waals surface area contributed by atoms with Crippen LogP contribution in [0.15, 0.2) is 24.3 Å². The average Bonchev–Trinajstić information content (AvgIpc) is 2.71. The lowest BCUT2D eigenvalue weighted by Gasteiger charge is -2.38. The van der Waals surface area contributed by atoms with E-state index >= 15 is 0 Å². The zero-order valence-corrected chi connectivity index (χ0v) is 13.3. The van der Waals surface area contributed by atoms with Crippen LogP contribution in [0.3, 0.4) is 0 Å². The van der Waals surface area contributed by atoms with Crippen molar-refractivity contribution in [1.82, 2.24) is 0 Å². The SMILES string of the molecule is CCN(CC1(CS)CCCCCC1)c1cccc(F)c1. The first kappa shape index (κ1) is 15.7. The Morgan fingerprint density at radius 2 is 1.90 bits per heavy atom. The molecule has 0 saturated heterocycles. The van der Waals surface area contributed by atoms with Crippen LogP contribution < -0.4 is 4.90 Å². The summed E-state index contributed by atoms with van der Waals surface area (Å²) in [4.78, 5) is 2.31. The Balaban J connectivity index is 2.14. The Morgan fingerprint density at radius 1 is 1.20 bits per heavy atom. The van der Waals surface area contributed by atoms with Gasteiger partial charge in [0.2, 0.25) is 0 Å². The van der Waals surface area contributed by atoms with Crippen molar-refractivity contribution in [3.63, 3.8) is 0 Å². The molecule has 2 rings (SSSR count). The lowest BCUT2D eigenvalue weighted by atomic mass is 9.81. The number of thiol groups is 1. The Bertz CT molecular complexity index is 413. The molecule has 0 amide bonds. The van der Waals surface area contributed by atoms with E-state index in [0.29, 0.717) is 5.41 Å². The van der Waals surface area contributed by atoms with Crippen molar-refractivity contribution < 1.29 is 4.39 Å². The highest BCUT2D eigenvalue weighted by atomic mass is 32.1. The number of rotatable bonds is 5. The van der Waals surface area contributed by atoms with E-state index in [-0.39, 0.29) is 5.82 Å². The zero-order valence-electron chi connectivity index (χ0n) is 12.4. The van der Waals surface area contributed by atoms with Gasteiger partial charge in [-0.25, -0.2) is 4.39 Å². The van der Waals surface area contributed by atoms with Crippen LogP contribution in [-0.2, 0) is 0 Å². The summed E-state index contributed by atoms with van der Waals surface area (Å²) in [6.07, 6.45) is 7.82. The highest BCUT2D eigenvalue weighted by molar-refractivity contribution is 7.80. The van der Waals surface area contributed by atoms with Gasteiger partial charge >= 0.3 is 0 Å². The molecule has 1 aromatic carbocycles. The largest absolute Gasteiger partial charge is 0.371 e. The molecular weight excluding hydrogens is 269 g/mol. The molecule has 0 radical (unpaired) electrons. The van der Waals surface area contributed by atoms with Crippen LogP contribution in [0.1, 0.15) is 45.4 Å². The van der Waals surface area contributed by atoms with E-state index in [1.54, 1.807) is 12.1 Å². The molecule has 1 aliphatic rings. The fraction of sp³-hybridized carbons (Fsp3) is 0.647. The predicted molar refractivity (Wildman–Crippen MR) is 88.3 cm³/mol. The summed E-state index contributed by atoms with van der Waals surface area (Å²) in [5, 5.41) is 0. The molecule has 112 valence electrons. The van der Waals surface area contributed by atoms with Crippen LogP contribution >= 0.6 is 12.6 Å². The van der Waals surface area contributed by atoms with Crippen LogP contribution in [0.2, 0.25) is 0 Å². The summed E-state index contributed by atoms with van der Waals surface area (Å²) in [7, 11) is 0. The lowest BCUT2D eigenvalue weighted by molar-refractivity contribution is 0.290. The Kier molecular flexibility index (Phi) is 5.76. The van der Waals surface area contributed by atoms with Crippen molar-refractivity contribution in [1.29, 1.82) is 0 Å². The van der Waals surface area contributed by atoms with Crippen LogP contribution in [0, 0.1) is 11.2 Å². The molecule has 1 saturated carbocycles. The van der Waals surface area contributed by atoms with E-state index in [0.717, 1.165) is 24.5 Å². The van der Waals surface area contributed by atoms with E-state index in [1.807, 2.05) is 6.07 Å². The fourth-order valence-electron chi connectivity index (χ4n) is 3.31. The van der Waals surface area contributed by atoms with Crippen molar-refractivity contribution >= 4 is 18.3 Å². The molecule has 0 aliphatic heterocycles. The third kappa shape index (κ3) is 3.91. The van der Waals surface area contributed by atoms with Gasteiger partial charge in [-0.05, 0) is 49.1 Å². The summed E-state index contributed by atoms with van der Waals surface area (Å²) in [6, 6.07) is 6.97. The van der Waals surface area contributed by atoms with Gasteiger partial charge < -0.3 is 4.90 Å². The number of hydrogen-bond donors (Lipinski definition) is 1. The summed E-state index contributed by atoms with van der Waals surface area (Å²) in [6.45, 7) is 4.06. The second kappa shape index (κ2) is 7.35. The normalized spacial score (nSPS) is 18.6. The number of hydrogen-bond acceptors (Lipinski definition) is 2. The molecule has 0 N–H and O–H groups in total. The maximum atomic E-state index is 13.4. The Morgan fingerprint density at radius 3 is 2.45 bits per heavy atom. The Hall–Kier alpha value is -0.700. The third-order valence-electron chi connectivity index (χ3n) is 4.58. The molecule has 0 aromatic heterocycles. The molecule has 20 heavy (non-hydrogen) atoms. The topological polar surface area (TPSA) is 3.24 Å². The summed E-state index contributed by atoms with van der Waals surface area (Å²) < 4.78 is 13.4. The second-order valence-corrected chi connectivity index (χ2v) is 6.38. The van der Waals surface area contributed by atoms with Crippen LogP contribution in [0.5, 0.6) is 0 Å². The van der Waals surface area contributed by atoms with Crippen molar-refractivity contribution in [2.75, 3.05) is 23.7 Å². The molecule has 0 atom stereocenters. The average molecular weight is 295 g/mol. The van der Waals surface area contributed by atoms with Gasteiger partial charge in [-0.1, -0.05) is 31.7 Å². The van der Waals surface area contributed by atoms with Crippen molar-refractivity contribution in [2.24, 2.45) is 5.41 Å².